The van der Waals surface area contributed by atoms with Gasteiger partial charge in [0.1, 0.15) is 6.61 Å². The van der Waals surface area contributed by atoms with Gasteiger partial charge in [0.2, 0.25) is 0 Å². The van der Waals surface area contributed by atoms with Crippen molar-refractivity contribution in [1.29, 1.82) is 0 Å². The van der Waals surface area contributed by atoms with Crippen molar-refractivity contribution in [3.05, 3.63) is 59.7 Å². The van der Waals surface area contributed by atoms with Crippen molar-refractivity contribution in [3.8, 4) is 11.5 Å². The van der Waals surface area contributed by atoms with Crippen molar-refractivity contribution in [2.24, 2.45) is 0 Å². The monoisotopic (exact) mass is 429 g/mol. The number of carboxylic acids is 1. The number of nitrogens with one attached hydrogen (secondary N) is 2. The molecule has 0 aliphatic carbocycles. The van der Waals surface area contributed by atoms with Gasteiger partial charge >= 0.3 is 6.03 Å². The summed E-state index contributed by atoms with van der Waals surface area (Å²) in [6.45, 7) is 1.13. The van der Waals surface area contributed by atoms with Crippen LogP contribution in [-0.2, 0) is 17.9 Å². The smallest absolute Gasteiger partial charge is 0.315 e. The Morgan fingerprint density at radius 2 is 1.74 bits per heavy atom. The number of carbonyl (C=O) groups excluding carboxylic acids is 2. The van der Waals surface area contributed by atoms with Crippen molar-refractivity contribution in [3.63, 3.8) is 0 Å². The van der Waals surface area contributed by atoms with Gasteiger partial charge in [-0.3, -0.25) is 0 Å². The van der Waals surface area contributed by atoms with Crippen LogP contribution >= 0.6 is 0 Å². The van der Waals surface area contributed by atoms with E-state index >= 15 is 0 Å². The van der Waals surface area contributed by atoms with E-state index in [-0.39, 0.29) is 13.0 Å². The van der Waals surface area contributed by atoms with Crippen LogP contribution in [0.15, 0.2) is 48.5 Å². The van der Waals surface area contributed by atoms with Gasteiger partial charge in [0.15, 0.2) is 11.5 Å². The van der Waals surface area contributed by atoms with Crippen LogP contribution in [-0.4, -0.2) is 57.3 Å². The van der Waals surface area contributed by atoms with Crippen LogP contribution in [0.25, 0.3) is 0 Å². The van der Waals surface area contributed by atoms with Crippen LogP contribution in [0, 0.1) is 0 Å². The number of nitrogens with zero attached hydrogens (tertiary/aromatic N) is 1. The lowest BCUT2D eigenvalue weighted by Gasteiger charge is -2.30. The Kier molecular flexibility index (Phi) is 8.69. The van der Waals surface area contributed by atoms with Gasteiger partial charge in [-0.25, -0.2) is 4.79 Å². The van der Waals surface area contributed by atoms with Crippen LogP contribution in [0.4, 0.5) is 4.79 Å². The number of urea groups is 1. The molecule has 0 fully saturated rings. The largest absolute Gasteiger partial charge is 0.550 e. The van der Waals surface area contributed by atoms with Crippen molar-refractivity contribution >= 4 is 12.0 Å². The van der Waals surface area contributed by atoms with Crippen molar-refractivity contribution < 1.29 is 28.7 Å². The van der Waals surface area contributed by atoms with Gasteiger partial charge < -0.3 is 34.5 Å². The number of aliphatic carboxylic acids is 1. The number of amides is 2. The number of likely N-dealkylation sites (N-methyl/N-ethyl adjacent to an activating group) is 1. The highest BCUT2D eigenvalue weighted by molar-refractivity contribution is 5.75. The summed E-state index contributed by atoms with van der Waals surface area (Å²) in [5.41, 5.74) is 1.87. The summed E-state index contributed by atoms with van der Waals surface area (Å²) in [6.07, 6.45) is -0.246. The first-order valence-corrected chi connectivity index (χ1v) is 10.0. The summed E-state index contributed by atoms with van der Waals surface area (Å²) >= 11 is 0. The highest BCUT2D eigenvalue weighted by Crippen LogP contribution is 2.28. The topological polar surface area (TPSA) is 99.7 Å². The summed E-state index contributed by atoms with van der Waals surface area (Å²) in [5, 5.41) is 16.4. The third kappa shape index (κ3) is 8.96. The first-order valence-electron chi connectivity index (χ1n) is 10.0. The van der Waals surface area contributed by atoms with Crippen molar-refractivity contribution in [2.75, 3.05) is 34.8 Å². The molecule has 2 aromatic carbocycles. The summed E-state index contributed by atoms with van der Waals surface area (Å²) in [7, 11) is 7.34. The molecule has 0 heterocycles. The van der Waals surface area contributed by atoms with E-state index in [2.05, 4.69) is 10.6 Å². The molecule has 2 aromatic rings. The molecule has 1 atom stereocenters. The molecule has 31 heavy (non-hydrogen) atoms. The number of ether oxygens (including phenoxy) is 2. The maximum atomic E-state index is 12.3. The zero-order chi connectivity index (χ0) is 22.9. The second-order valence-corrected chi connectivity index (χ2v) is 8.33. The molecular formula is C23H31N3O5. The molecular weight excluding hydrogens is 398 g/mol. The fourth-order valence-electron chi connectivity index (χ4n) is 3.12. The normalized spacial score (nSPS) is 12.0. The number of quaternary nitrogens is 1. The maximum absolute atomic E-state index is 12.3. The van der Waals surface area contributed by atoms with Crippen LogP contribution in [0.1, 0.15) is 17.5 Å². The predicted octanol–water partition coefficient (Wildman–Crippen LogP) is 1.29. The maximum Gasteiger partial charge on any atom is 0.315 e. The van der Waals surface area contributed by atoms with Crippen LogP contribution in [0.5, 0.6) is 11.5 Å². The Morgan fingerprint density at radius 3 is 2.35 bits per heavy atom. The van der Waals surface area contributed by atoms with E-state index in [1.54, 1.807) is 19.2 Å². The number of benzene rings is 2. The highest BCUT2D eigenvalue weighted by atomic mass is 16.5. The molecule has 0 aromatic heterocycles. The minimum Gasteiger partial charge on any atom is -0.550 e. The van der Waals surface area contributed by atoms with Crippen molar-refractivity contribution in [2.45, 2.75) is 25.6 Å². The molecule has 8 nitrogen and oxygen atoms in total. The first-order chi connectivity index (χ1) is 14.7. The van der Waals surface area contributed by atoms with Crippen LogP contribution in [0.2, 0.25) is 0 Å². The molecule has 0 spiro atoms. The van der Waals surface area contributed by atoms with Crippen LogP contribution in [0.3, 0.4) is 0 Å². The molecule has 1 unspecified atom stereocenters. The molecule has 2 rings (SSSR count). The third-order valence-electron chi connectivity index (χ3n) is 4.43. The van der Waals surface area contributed by atoms with E-state index in [9.17, 15) is 14.7 Å². The number of carbonyl (C=O) groups is 2. The second-order valence-electron chi connectivity index (χ2n) is 8.33. The van der Waals surface area contributed by atoms with Gasteiger partial charge in [-0.1, -0.05) is 36.4 Å². The molecule has 0 bridgehead atoms. The highest BCUT2D eigenvalue weighted by Gasteiger charge is 2.20. The van der Waals surface area contributed by atoms with E-state index < -0.39 is 18.0 Å². The summed E-state index contributed by atoms with van der Waals surface area (Å²) in [6, 6.07) is 14.3. The lowest BCUT2D eigenvalue weighted by molar-refractivity contribution is -0.871. The Bertz CT molecular complexity index is 865. The van der Waals surface area contributed by atoms with Gasteiger partial charge in [-0.2, -0.15) is 0 Å². The SMILES string of the molecule is COc1cc(CNC(=O)NC(CC(=O)[O-])C[N+](C)(C)C)ccc1OCc1ccccc1. The van der Waals surface area contributed by atoms with Gasteiger partial charge in [0.05, 0.1) is 40.8 Å². The molecule has 0 radical (unpaired) electrons. The number of hydrogen-bond acceptors (Lipinski definition) is 5. The molecule has 0 aliphatic rings. The number of hydrogen-bond donors (Lipinski definition) is 2. The van der Waals surface area contributed by atoms with Gasteiger partial charge in [0, 0.05) is 18.9 Å². The van der Waals surface area contributed by atoms with E-state index in [0.29, 0.717) is 29.1 Å². The summed E-state index contributed by atoms with van der Waals surface area (Å²) in [5.74, 6) is -0.0263. The first kappa shape index (κ1) is 24.0. The fraction of sp³-hybridized carbons (Fsp3) is 0.391. The Morgan fingerprint density at radius 1 is 1.03 bits per heavy atom. The minimum atomic E-state index is -1.20. The minimum absolute atomic E-state index is 0.246. The zero-order valence-electron chi connectivity index (χ0n) is 18.5. The van der Waals surface area contributed by atoms with Gasteiger partial charge in [-0.05, 0) is 23.3 Å². The fourth-order valence-corrected chi connectivity index (χ4v) is 3.12. The Balaban J connectivity index is 1.93. The molecule has 0 saturated heterocycles. The molecule has 8 heteroatoms. The van der Waals surface area contributed by atoms with Gasteiger partial charge in [-0.15, -0.1) is 0 Å². The number of carboxylic acid groups (broad SMARTS) is 1. The van der Waals surface area contributed by atoms with Crippen LogP contribution < -0.4 is 25.2 Å². The number of rotatable bonds is 11. The molecule has 0 saturated carbocycles. The molecule has 2 N–H and O–H groups in total. The zero-order valence-corrected chi connectivity index (χ0v) is 18.5. The summed E-state index contributed by atoms with van der Waals surface area (Å²) < 4.78 is 11.8. The number of methoxy groups -OCH3 is 1. The molecule has 168 valence electrons. The van der Waals surface area contributed by atoms with Gasteiger partial charge in [0.25, 0.3) is 0 Å². The standard InChI is InChI=1S/C23H31N3O5/c1-26(2,3)15-19(13-22(27)28)25-23(29)24-14-18-10-11-20(21(12-18)30-4)31-16-17-8-6-5-7-9-17/h5-12,19H,13-16H2,1-4H3,(H2-,24,25,27,28,29). The molecule has 2 amide bonds. The lowest BCUT2D eigenvalue weighted by atomic mass is 10.2. The quantitative estimate of drug-likeness (QED) is 0.525. The third-order valence-corrected chi connectivity index (χ3v) is 4.43. The average molecular weight is 430 g/mol. The Labute approximate surface area is 183 Å². The van der Waals surface area contributed by atoms with E-state index in [1.807, 2.05) is 57.5 Å². The summed E-state index contributed by atoms with van der Waals surface area (Å²) in [4.78, 5) is 23.3. The average Bonchev–Trinajstić information content (AvgIpc) is 2.70. The lowest BCUT2D eigenvalue weighted by Crippen LogP contribution is -2.52. The predicted molar refractivity (Wildman–Crippen MR) is 115 cm³/mol. The van der Waals surface area contributed by atoms with E-state index in [4.69, 9.17) is 9.47 Å². The van der Waals surface area contributed by atoms with E-state index in [0.717, 1.165) is 11.1 Å². The Hall–Kier alpha value is -3.26. The van der Waals surface area contributed by atoms with Crippen molar-refractivity contribution in [1.82, 2.24) is 10.6 Å². The second kappa shape index (κ2) is 11.2. The molecule has 0 aliphatic heterocycles. The van der Waals surface area contributed by atoms with E-state index in [1.165, 1.54) is 0 Å².